The highest BCUT2D eigenvalue weighted by molar-refractivity contribution is 9.10. The lowest BCUT2D eigenvalue weighted by Gasteiger charge is -2.18. The van der Waals surface area contributed by atoms with Crippen LogP contribution in [-0.2, 0) is 4.79 Å². The largest absolute Gasteiger partial charge is 0.357 e. The molecular formula is C19H15BrF2N4O2. The molecule has 1 atom stereocenters. The zero-order valence-corrected chi connectivity index (χ0v) is 16.2. The van der Waals surface area contributed by atoms with E-state index in [9.17, 15) is 18.4 Å². The first-order valence-electron chi connectivity index (χ1n) is 8.17. The number of aromatic nitrogens is 2. The minimum absolute atomic E-state index is 0.129. The van der Waals surface area contributed by atoms with Gasteiger partial charge in [-0.05, 0) is 57.9 Å². The van der Waals surface area contributed by atoms with Gasteiger partial charge >= 0.3 is 0 Å². The van der Waals surface area contributed by atoms with Crippen LogP contribution < -0.4 is 10.6 Å². The van der Waals surface area contributed by atoms with Crippen molar-refractivity contribution in [3.63, 3.8) is 0 Å². The molecule has 0 aliphatic heterocycles. The summed E-state index contributed by atoms with van der Waals surface area (Å²) in [6.07, 6.45) is 3.40. The number of carbonyl (C=O) groups excluding carboxylic acids is 2. The summed E-state index contributed by atoms with van der Waals surface area (Å²) < 4.78 is 29.2. The monoisotopic (exact) mass is 448 g/mol. The van der Waals surface area contributed by atoms with Crippen molar-refractivity contribution in [2.75, 3.05) is 7.05 Å². The Hall–Kier alpha value is -3.07. The van der Waals surface area contributed by atoms with Gasteiger partial charge in [0.25, 0.3) is 5.91 Å². The molecule has 0 spiro atoms. The second-order valence-corrected chi connectivity index (χ2v) is 6.76. The molecule has 0 fully saturated rings. The number of likely N-dealkylation sites (N-methyl/N-ethyl adjacent to an activating group) is 1. The maximum Gasteiger partial charge on any atom is 0.252 e. The first-order valence-corrected chi connectivity index (χ1v) is 8.96. The molecule has 0 saturated carbocycles. The van der Waals surface area contributed by atoms with E-state index in [4.69, 9.17) is 0 Å². The van der Waals surface area contributed by atoms with Gasteiger partial charge in [-0.15, -0.1) is 0 Å². The van der Waals surface area contributed by atoms with E-state index in [1.165, 1.54) is 13.1 Å². The lowest BCUT2D eigenvalue weighted by Crippen LogP contribution is -2.39. The van der Waals surface area contributed by atoms with E-state index in [1.54, 1.807) is 41.3 Å². The van der Waals surface area contributed by atoms with Crippen LogP contribution in [0.5, 0.6) is 0 Å². The first-order chi connectivity index (χ1) is 13.4. The van der Waals surface area contributed by atoms with Crippen molar-refractivity contribution in [2.24, 2.45) is 0 Å². The maximum absolute atomic E-state index is 13.5. The van der Waals surface area contributed by atoms with Gasteiger partial charge in [0.2, 0.25) is 5.91 Å². The molecule has 0 aliphatic carbocycles. The normalized spacial score (nSPS) is 11.7. The number of rotatable bonds is 5. The van der Waals surface area contributed by atoms with Crippen LogP contribution in [0.25, 0.3) is 5.69 Å². The predicted octanol–water partition coefficient (Wildman–Crippen LogP) is 3.13. The molecule has 144 valence electrons. The second kappa shape index (κ2) is 8.30. The molecule has 2 amide bonds. The summed E-state index contributed by atoms with van der Waals surface area (Å²) >= 11 is 3.31. The molecule has 9 heteroatoms. The summed E-state index contributed by atoms with van der Waals surface area (Å²) in [5.41, 5.74) is 1.17. The number of nitrogens with one attached hydrogen (secondary N) is 2. The molecule has 28 heavy (non-hydrogen) atoms. The third-order valence-electron chi connectivity index (χ3n) is 4.01. The molecule has 6 nitrogen and oxygen atoms in total. The topological polar surface area (TPSA) is 76.0 Å². The van der Waals surface area contributed by atoms with Gasteiger partial charge < -0.3 is 10.6 Å². The standard InChI is InChI=1S/C19H15BrF2N4O2/c1-23-19(28)17(12-4-7-15(21)16(22)8-12)25-18(27)11-2-5-14(6-3-11)26-10-13(20)9-24-26/h2-10,17H,1H3,(H,23,28)(H,25,27). The maximum atomic E-state index is 13.5. The van der Waals surface area contributed by atoms with Gasteiger partial charge in [-0.2, -0.15) is 5.10 Å². The molecular weight excluding hydrogens is 434 g/mol. The van der Waals surface area contributed by atoms with Crippen LogP contribution in [0.3, 0.4) is 0 Å². The molecule has 3 rings (SSSR count). The minimum Gasteiger partial charge on any atom is -0.357 e. The Morgan fingerprint density at radius 1 is 1.11 bits per heavy atom. The number of hydrogen-bond acceptors (Lipinski definition) is 3. The Bertz CT molecular complexity index is 1020. The molecule has 1 heterocycles. The van der Waals surface area contributed by atoms with E-state index in [-0.39, 0.29) is 5.56 Å². The van der Waals surface area contributed by atoms with Crippen LogP contribution in [-0.4, -0.2) is 28.6 Å². The highest BCUT2D eigenvalue weighted by Crippen LogP contribution is 2.18. The van der Waals surface area contributed by atoms with Crippen molar-refractivity contribution in [3.8, 4) is 5.69 Å². The molecule has 0 aliphatic rings. The summed E-state index contributed by atoms with van der Waals surface area (Å²) in [7, 11) is 1.39. The van der Waals surface area contributed by atoms with Crippen molar-refractivity contribution in [2.45, 2.75) is 6.04 Å². The van der Waals surface area contributed by atoms with Crippen molar-refractivity contribution < 1.29 is 18.4 Å². The van der Waals surface area contributed by atoms with Crippen molar-refractivity contribution in [1.82, 2.24) is 20.4 Å². The Kier molecular flexibility index (Phi) is 5.84. The summed E-state index contributed by atoms with van der Waals surface area (Å²) in [5, 5.41) is 9.09. The number of halogens is 3. The molecule has 1 aromatic heterocycles. The average molecular weight is 449 g/mol. The van der Waals surface area contributed by atoms with Crippen LogP contribution in [0.4, 0.5) is 8.78 Å². The van der Waals surface area contributed by atoms with Gasteiger partial charge in [-0.1, -0.05) is 6.07 Å². The van der Waals surface area contributed by atoms with E-state index < -0.39 is 29.5 Å². The molecule has 0 radical (unpaired) electrons. The van der Waals surface area contributed by atoms with E-state index in [0.29, 0.717) is 5.56 Å². The molecule has 2 N–H and O–H groups in total. The van der Waals surface area contributed by atoms with Crippen LogP contribution in [0, 0.1) is 11.6 Å². The predicted molar refractivity (Wildman–Crippen MR) is 102 cm³/mol. The number of benzene rings is 2. The lowest BCUT2D eigenvalue weighted by atomic mass is 10.0. The van der Waals surface area contributed by atoms with Crippen LogP contribution in [0.15, 0.2) is 59.3 Å². The van der Waals surface area contributed by atoms with Gasteiger partial charge in [0.1, 0.15) is 6.04 Å². The summed E-state index contributed by atoms with van der Waals surface area (Å²) in [5.74, 6) is -3.23. The number of amides is 2. The smallest absolute Gasteiger partial charge is 0.252 e. The first kappa shape index (κ1) is 19.7. The lowest BCUT2D eigenvalue weighted by molar-refractivity contribution is -0.122. The molecule has 0 saturated heterocycles. The summed E-state index contributed by atoms with van der Waals surface area (Å²) in [4.78, 5) is 24.7. The summed E-state index contributed by atoms with van der Waals surface area (Å²) in [6.45, 7) is 0. The molecule has 1 unspecified atom stereocenters. The Labute approximate surface area is 167 Å². The number of carbonyl (C=O) groups is 2. The number of hydrogen-bond donors (Lipinski definition) is 2. The van der Waals surface area contributed by atoms with Crippen molar-refractivity contribution in [1.29, 1.82) is 0 Å². The van der Waals surface area contributed by atoms with Crippen molar-refractivity contribution in [3.05, 3.63) is 82.1 Å². The minimum atomic E-state index is -1.17. The molecule has 0 bridgehead atoms. The van der Waals surface area contributed by atoms with Gasteiger partial charge in [0.05, 0.1) is 16.4 Å². The Morgan fingerprint density at radius 2 is 1.82 bits per heavy atom. The van der Waals surface area contributed by atoms with Gasteiger partial charge in [-0.3, -0.25) is 9.59 Å². The van der Waals surface area contributed by atoms with E-state index in [0.717, 1.165) is 22.3 Å². The zero-order chi connectivity index (χ0) is 20.3. The zero-order valence-electron chi connectivity index (χ0n) is 14.6. The van der Waals surface area contributed by atoms with Crippen LogP contribution in [0.1, 0.15) is 22.0 Å². The average Bonchev–Trinajstić information content (AvgIpc) is 3.14. The third-order valence-corrected chi connectivity index (χ3v) is 4.42. The van der Waals surface area contributed by atoms with Crippen LogP contribution >= 0.6 is 15.9 Å². The SMILES string of the molecule is CNC(=O)C(NC(=O)c1ccc(-n2cc(Br)cn2)cc1)c1ccc(F)c(F)c1. The van der Waals surface area contributed by atoms with E-state index >= 15 is 0 Å². The van der Waals surface area contributed by atoms with Crippen LogP contribution in [0.2, 0.25) is 0 Å². The van der Waals surface area contributed by atoms with E-state index in [1.807, 2.05) is 0 Å². The van der Waals surface area contributed by atoms with Gasteiger partial charge in [-0.25, -0.2) is 13.5 Å². The quantitative estimate of drug-likeness (QED) is 0.629. The summed E-state index contributed by atoms with van der Waals surface area (Å²) in [6, 6.07) is 8.41. The fourth-order valence-corrected chi connectivity index (χ4v) is 2.84. The highest BCUT2D eigenvalue weighted by Gasteiger charge is 2.23. The third kappa shape index (κ3) is 4.25. The fraction of sp³-hybridized carbons (Fsp3) is 0.105. The Morgan fingerprint density at radius 3 is 2.39 bits per heavy atom. The second-order valence-electron chi connectivity index (χ2n) is 5.84. The Balaban J connectivity index is 1.81. The molecule has 3 aromatic rings. The number of nitrogens with zero attached hydrogens (tertiary/aromatic N) is 2. The van der Waals surface area contributed by atoms with Crippen molar-refractivity contribution >= 4 is 27.7 Å². The van der Waals surface area contributed by atoms with Gasteiger partial charge in [0, 0.05) is 18.8 Å². The van der Waals surface area contributed by atoms with E-state index in [2.05, 4.69) is 31.7 Å². The molecule has 2 aromatic carbocycles. The highest BCUT2D eigenvalue weighted by atomic mass is 79.9. The fourth-order valence-electron chi connectivity index (χ4n) is 2.56. The van der Waals surface area contributed by atoms with Gasteiger partial charge in [0.15, 0.2) is 11.6 Å².